The van der Waals surface area contributed by atoms with Gasteiger partial charge in [-0.2, -0.15) is 0 Å². The fourth-order valence-electron chi connectivity index (χ4n) is 1.64. The minimum Gasteiger partial charge on any atom is -0.395 e. The number of hydrogen-bond acceptors (Lipinski definition) is 5. The van der Waals surface area contributed by atoms with Gasteiger partial charge >= 0.3 is 0 Å². The van der Waals surface area contributed by atoms with Gasteiger partial charge in [-0.15, -0.1) is 11.3 Å². The second kappa shape index (κ2) is 6.31. The minimum atomic E-state index is 0.144. The van der Waals surface area contributed by atoms with Crippen LogP contribution in [0.1, 0.15) is 13.3 Å². The number of halogens is 1. The molecule has 0 unspecified atom stereocenters. The van der Waals surface area contributed by atoms with E-state index in [9.17, 15) is 0 Å². The number of thiazole rings is 1. The van der Waals surface area contributed by atoms with E-state index in [4.69, 9.17) is 5.11 Å². The van der Waals surface area contributed by atoms with Crippen molar-refractivity contribution in [1.29, 1.82) is 0 Å². The van der Waals surface area contributed by atoms with Gasteiger partial charge in [0.1, 0.15) is 10.9 Å². The summed E-state index contributed by atoms with van der Waals surface area (Å²) in [6.45, 7) is 3.78. The standard InChI is InChI=1S/C11H15BrN4OS/c1-2-3-15(4-5-17)11-14-10(7-18-11)16-6-9(12)13-8-16/h6-8,17H,2-5H2,1H3. The molecule has 0 aliphatic heterocycles. The Bertz CT molecular complexity index is 493. The molecule has 0 aliphatic carbocycles. The lowest BCUT2D eigenvalue weighted by molar-refractivity contribution is 0.302. The van der Waals surface area contributed by atoms with Gasteiger partial charge in [-0.1, -0.05) is 6.92 Å². The molecule has 5 nitrogen and oxygen atoms in total. The molecule has 2 aromatic rings. The molecule has 1 N–H and O–H groups in total. The van der Waals surface area contributed by atoms with E-state index in [0.29, 0.717) is 6.54 Å². The Morgan fingerprint density at radius 1 is 1.50 bits per heavy atom. The number of nitrogens with zero attached hydrogens (tertiary/aromatic N) is 4. The highest BCUT2D eigenvalue weighted by Gasteiger charge is 2.11. The first-order valence-corrected chi connectivity index (χ1v) is 7.43. The van der Waals surface area contributed by atoms with Crippen LogP contribution in [-0.4, -0.2) is 39.3 Å². The first-order valence-electron chi connectivity index (χ1n) is 5.75. The summed E-state index contributed by atoms with van der Waals surface area (Å²) in [7, 11) is 0. The monoisotopic (exact) mass is 330 g/mol. The van der Waals surface area contributed by atoms with Crippen molar-refractivity contribution in [3.63, 3.8) is 0 Å². The lowest BCUT2D eigenvalue weighted by Crippen LogP contribution is -2.27. The molecule has 0 aromatic carbocycles. The molecule has 0 aliphatic rings. The molecule has 18 heavy (non-hydrogen) atoms. The molecule has 0 saturated carbocycles. The predicted octanol–water partition coefficient (Wildman–Crippen LogP) is 2.30. The first-order chi connectivity index (χ1) is 8.74. The van der Waals surface area contributed by atoms with Crippen LogP contribution in [0.5, 0.6) is 0 Å². The van der Waals surface area contributed by atoms with Crippen LogP contribution in [0.15, 0.2) is 22.5 Å². The number of aliphatic hydroxyl groups excluding tert-OH is 1. The number of aliphatic hydroxyl groups is 1. The quantitative estimate of drug-likeness (QED) is 0.882. The van der Waals surface area contributed by atoms with Crippen LogP contribution in [0, 0.1) is 0 Å². The Morgan fingerprint density at radius 3 is 2.94 bits per heavy atom. The van der Waals surface area contributed by atoms with Gasteiger partial charge < -0.3 is 10.0 Å². The fraction of sp³-hybridized carbons (Fsp3) is 0.455. The van der Waals surface area contributed by atoms with Gasteiger partial charge in [-0.3, -0.25) is 4.57 Å². The molecule has 7 heteroatoms. The molecule has 0 atom stereocenters. The number of imidazole rings is 1. The Labute approximate surface area is 118 Å². The number of hydrogen-bond donors (Lipinski definition) is 1. The molecule has 98 valence electrons. The summed E-state index contributed by atoms with van der Waals surface area (Å²) in [4.78, 5) is 10.8. The van der Waals surface area contributed by atoms with E-state index in [0.717, 1.165) is 28.5 Å². The van der Waals surface area contributed by atoms with Crippen LogP contribution in [0.3, 0.4) is 0 Å². The summed E-state index contributed by atoms with van der Waals surface area (Å²) >= 11 is 4.90. The normalized spacial score (nSPS) is 10.8. The molecule has 2 aromatic heterocycles. The lowest BCUT2D eigenvalue weighted by atomic mass is 10.4. The Balaban J connectivity index is 2.18. The van der Waals surface area contributed by atoms with Gasteiger partial charge in [0.2, 0.25) is 0 Å². The van der Waals surface area contributed by atoms with Gasteiger partial charge in [0.25, 0.3) is 0 Å². The molecular weight excluding hydrogens is 316 g/mol. The Kier molecular flexibility index (Phi) is 4.73. The summed E-state index contributed by atoms with van der Waals surface area (Å²) in [5, 5.41) is 12.0. The zero-order valence-electron chi connectivity index (χ0n) is 10.1. The van der Waals surface area contributed by atoms with E-state index < -0.39 is 0 Å². The van der Waals surface area contributed by atoms with Crippen LogP contribution in [0.2, 0.25) is 0 Å². The zero-order chi connectivity index (χ0) is 13.0. The van der Waals surface area contributed by atoms with E-state index in [1.54, 1.807) is 17.7 Å². The number of rotatable bonds is 6. The van der Waals surface area contributed by atoms with Crippen LogP contribution in [0.25, 0.3) is 5.82 Å². The molecular formula is C11H15BrN4OS. The highest BCUT2D eigenvalue weighted by atomic mass is 79.9. The summed E-state index contributed by atoms with van der Waals surface area (Å²) in [6.07, 6.45) is 4.62. The maximum absolute atomic E-state index is 9.07. The third kappa shape index (κ3) is 3.09. The molecule has 2 rings (SSSR count). The molecule has 2 heterocycles. The van der Waals surface area contributed by atoms with E-state index >= 15 is 0 Å². The van der Waals surface area contributed by atoms with Crippen molar-refractivity contribution in [3.8, 4) is 5.82 Å². The van der Waals surface area contributed by atoms with Crippen molar-refractivity contribution in [2.45, 2.75) is 13.3 Å². The largest absolute Gasteiger partial charge is 0.395 e. The Morgan fingerprint density at radius 2 is 2.33 bits per heavy atom. The van der Waals surface area contributed by atoms with Crippen LogP contribution in [-0.2, 0) is 0 Å². The maximum atomic E-state index is 9.07. The third-order valence-corrected chi connectivity index (χ3v) is 3.73. The summed E-state index contributed by atoms with van der Waals surface area (Å²) in [6, 6.07) is 0. The van der Waals surface area contributed by atoms with Crippen molar-refractivity contribution in [1.82, 2.24) is 14.5 Å². The van der Waals surface area contributed by atoms with Crippen LogP contribution in [0.4, 0.5) is 5.13 Å². The number of aromatic nitrogens is 3. The molecule has 0 saturated heterocycles. The second-order valence-corrected chi connectivity index (χ2v) is 5.45. The van der Waals surface area contributed by atoms with Crippen molar-refractivity contribution in [2.24, 2.45) is 0 Å². The first kappa shape index (κ1) is 13.5. The van der Waals surface area contributed by atoms with Gasteiger partial charge in [0, 0.05) is 24.7 Å². The highest BCUT2D eigenvalue weighted by Crippen LogP contribution is 2.23. The lowest BCUT2D eigenvalue weighted by Gasteiger charge is -2.19. The number of anilines is 1. The van der Waals surface area contributed by atoms with Crippen molar-refractivity contribution < 1.29 is 5.11 Å². The molecule has 0 spiro atoms. The molecule has 0 fully saturated rings. The smallest absolute Gasteiger partial charge is 0.187 e. The average Bonchev–Trinajstić information content (AvgIpc) is 2.97. The molecule has 0 radical (unpaired) electrons. The SMILES string of the molecule is CCCN(CCO)c1nc(-n2cnc(Br)c2)cs1. The van der Waals surface area contributed by atoms with Gasteiger partial charge in [0.15, 0.2) is 10.9 Å². The minimum absolute atomic E-state index is 0.144. The van der Waals surface area contributed by atoms with E-state index in [1.807, 2.05) is 16.1 Å². The average molecular weight is 331 g/mol. The van der Waals surface area contributed by atoms with Crippen LogP contribution >= 0.6 is 27.3 Å². The maximum Gasteiger partial charge on any atom is 0.187 e. The van der Waals surface area contributed by atoms with Gasteiger partial charge in [-0.25, -0.2) is 9.97 Å². The van der Waals surface area contributed by atoms with E-state index in [-0.39, 0.29) is 6.61 Å². The highest BCUT2D eigenvalue weighted by molar-refractivity contribution is 9.10. The Hall–Kier alpha value is -0.920. The fourth-order valence-corrected chi connectivity index (χ4v) is 2.81. The van der Waals surface area contributed by atoms with E-state index in [1.165, 1.54) is 0 Å². The zero-order valence-corrected chi connectivity index (χ0v) is 12.5. The van der Waals surface area contributed by atoms with Crippen molar-refractivity contribution in [2.75, 3.05) is 24.6 Å². The second-order valence-electron chi connectivity index (χ2n) is 3.80. The molecule has 0 amide bonds. The van der Waals surface area contributed by atoms with Crippen molar-refractivity contribution >= 4 is 32.4 Å². The van der Waals surface area contributed by atoms with Gasteiger partial charge in [-0.05, 0) is 22.4 Å². The third-order valence-electron chi connectivity index (χ3n) is 2.43. The topological polar surface area (TPSA) is 54.2 Å². The molecule has 0 bridgehead atoms. The summed E-state index contributed by atoms with van der Waals surface area (Å²) in [5.41, 5.74) is 0. The van der Waals surface area contributed by atoms with Gasteiger partial charge in [0.05, 0.1) is 6.61 Å². The van der Waals surface area contributed by atoms with Crippen molar-refractivity contribution in [3.05, 3.63) is 22.5 Å². The predicted molar refractivity (Wildman–Crippen MR) is 76.5 cm³/mol. The van der Waals surface area contributed by atoms with E-state index in [2.05, 4.69) is 37.7 Å². The summed E-state index contributed by atoms with van der Waals surface area (Å²) < 4.78 is 2.66. The summed E-state index contributed by atoms with van der Waals surface area (Å²) in [5.74, 6) is 0.854. The van der Waals surface area contributed by atoms with Crippen LogP contribution < -0.4 is 4.90 Å².